The van der Waals surface area contributed by atoms with Crippen molar-refractivity contribution in [3.63, 3.8) is 0 Å². The Kier molecular flexibility index (Phi) is 3.63. The molecule has 90 valence electrons. The van der Waals surface area contributed by atoms with E-state index in [9.17, 15) is 0 Å². The Morgan fingerprint density at radius 2 is 1.88 bits per heavy atom. The molecule has 0 spiro atoms. The number of rotatable bonds is 2. The van der Waals surface area contributed by atoms with E-state index in [0.717, 1.165) is 12.2 Å². The van der Waals surface area contributed by atoms with Gasteiger partial charge in [0, 0.05) is 13.6 Å². The van der Waals surface area contributed by atoms with E-state index in [1.165, 1.54) is 0 Å². The van der Waals surface area contributed by atoms with Crippen molar-refractivity contribution >= 4 is 23.1 Å². The Morgan fingerprint density at radius 1 is 1.31 bits per heavy atom. The van der Waals surface area contributed by atoms with Gasteiger partial charge < -0.3 is 10.6 Å². The predicted molar refractivity (Wildman–Crippen MR) is 68.9 cm³/mol. The topological polar surface area (TPSA) is 55.0 Å². The average molecular weight is 243 g/mol. The smallest absolute Gasteiger partial charge is 0.224 e. The molecule has 0 aliphatic carbocycles. The number of nitrogens with two attached hydrogens (primary N) is 1. The van der Waals surface area contributed by atoms with Crippen LogP contribution in [0, 0.1) is 12.3 Å². The summed E-state index contributed by atoms with van der Waals surface area (Å²) < 4.78 is 0. The summed E-state index contributed by atoms with van der Waals surface area (Å²) >= 11 is 5.83. The highest BCUT2D eigenvalue weighted by molar-refractivity contribution is 6.28. The van der Waals surface area contributed by atoms with Crippen LogP contribution in [-0.4, -0.2) is 23.6 Å². The highest BCUT2D eigenvalue weighted by atomic mass is 35.5. The molecule has 1 heterocycles. The molecular formula is C11H19ClN4. The lowest BCUT2D eigenvalue weighted by atomic mass is 9.96. The van der Waals surface area contributed by atoms with Crippen molar-refractivity contribution in [1.82, 2.24) is 9.97 Å². The molecule has 0 atom stereocenters. The first-order valence-corrected chi connectivity index (χ1v) is 5.59. The number of aromatic nitrogens is 2. The number of anilines is 2. The first kappa shape index (κ1) is 13.0. The van der Waals surface area contributed by atoms with E-state index in [1.54, 1.807) is 0 Å². The third-order valence-electron chi connectivity index (χ3n) is 2.16. The van der Waals surface area contributed by atoms with Crippen LogP contribution in [0.4, 0.5) is 11.5 Å². The zero-order valence-electron chi connectivity index (χ0n) is 10.5. The van der Waals surface area contributed by atoms with Crippen molar-refractivity contribution in [3.05, 3.63) is 11.0 Å². The normalized spacial score (nSPS) is 11.6. The minimum Gasteiger partial charge on any atom is -0.394 e. The van der Waals surface area contributed by atoms with E-state index in [1.807, 2.05) is 18.9 Å². The van der Waals surface area contributed by atoms with Crippen molar-refractivity contribution < 1.29 is 0 Å². The second-order valence-electron chi connectivity index (χ2n) is 5.23. The zero-order chi connectivity index (χ0) is 12.5. The van der Waals surface area contributed by atoms with Crippen LogP contribution in [0.1, 0.15) is 26.5 Å². The largest absolute Gasteiger partial charge is 0.394 e. The van der Waals surface area contributed by atoms with Gasteiger partial charge in [0.2, 0.25) is 5.28 Å². The minimum atomic E-state index is 0.173. The first-order valence-electron chi connectivity index (χ1n) is 5.21. The third kappa shape index (κ3) is 3.23. The maximum absolute atomic E-state index is 5.95. The van der Waals surface area contributed by atoms with Crippen molar-refractivity contribution in [1.29, 1.82) is 0 Å². The van der Waals surface area contributed by atoms with Gasteiger partial charge in [-0.05, 0) is 23.9 Å². The number of hydrogen-bond donors (Lipinski definition) is 1. The summed E-state index contributed by atoms with van der Waals surface area (Å²) in [6.07, 6.45) is 0. The Bertz CT molecular complexity index is 384. The van der Waals surface area contributed by atoms with E-state index < -0.39 is 0 Å². The van der Waals surface area contributed by atoms with Crippen LogP contribution in [0.5, 0.6) is 0 Å². The van der Waals surface area contributed by atoms with E-state index >= 15 is 0 Å². The number of hydrogen-bond acceptors (Lipinski definition) is 4. The Balaban J connectivity index is 3.04. The number of nitrogen functional groups attached to an aromatic ring is 1. The van der Waals surface area contributed by atoms with Crippen LogP contribution in [-0.2, 0) is 0 Å². The molecule has 0 unspecified atom stereocenters. The van der Waals surface area contributed by atoms with E-state index in [4.69, 9.17) is 17.3 Å². The minimum absolute atomic E-state index is 0.173. The van der Waals surface area contributed by atoms with Gasteiger partial charge in [-0.2, -0.15) is 4.98 Å². The molecular weight excluding hydrogens is 224 g/mol. The number of aryl methyl sites for hydroxylation is 1. The van der Waals surface area contributed by atoms with Crippen molar-refractivity contribution in [2.24, 2.45) is 5.41 Å². The summed E-state index contributed by atoms with van der Waals surface area (Å²) in [6.45, 7) is 9.17. The number of nitrogens with zero attached hydrogens (tertiary/aromatic N) is 3. The van der Waals surface area contributed by atoms with Gasteiger partial charge in [0.1, 0.15) is 0 Å². The lowest BCUT2D eigenvalue weighted by molar-refractivity contribution is 0.418. The Labute approximate surface area is 102 Å². The van der Waals surface area contributed by atoms with Gasteiger partial charge in [-0.1, -0.05) is 20.8 Å². The predicted octanol–water partition coefficient (Wildman–Crippen LogP) is 2.50. The van der Waals surface area contributed by atoms with E-state index in [2.05, 4.69) is 30.7 Å². The quantitative estimate of drug-likeness (QED) is 0.810. The molecule has 0 aromatic carbocycles. The van der Waals surface area contributed by atoms with Crippen LogP contribution in [0.25, 0.3) is 0 Å². The van der Waals surface area contributed by atoms with E-state index in [0.29, 0.717) is 11.5 Å². The summed E-state index contributed by atoms with van der Waals surface area (Å²) in [6, 6.07) is 0. The molecule has 0 aliphatic rings. The van der Waals surface area contributed by atoms with Gasteiger partial charge in [0.25, 0.3) is 0 Å². The fourth-order valence-electron chi connectivity index (χ4n) is 1.61. The van der Waals surface area contributed by atoms with Gasteiger partial charge in [-0.3, -0.25) is 0 Å². The summed E-state index contributed by atoms with van der Waals surface area (Å²) in [4.78, 5) is 10.2. The maximum Gasteiger partial charge on any atom is 0.224 e. The molecule has 0 fully saturated rings. The molecule has 0 radical (unpaired) electrons. The molecule has 2 N–H and O–H groups in total. The lowest BCUT2D eigenvalue weighted by Crippen LogP contribution is -2.30. The van der Waals surface area contributed by atoms with Crippen LogP contribution < -0.4 is 10.6 Å². The molecule has 0 saturated carbocycles. The van der Waals surface area contributed by atoms with Crippen molar-refractivity contribution in [2.45, 2.75) is 27.7 Å². The second kappa shape index (κ2) is 4.45. The van der Waals surface area contributed by atoms with Crippen LogP contribution in [0.2, 0.25) is 5.28 Å². The molecule has 5 heteroatoms. The molecule has 0 amide bonds. The standard InChI is InChI=1S/C11H19ClN4/c1-7-8(13)9(15-10(12)14-7)16(5)6-11(2,3)4/h6,13H2,1-5H3. The summed E-state index contributed by atoms with van der Waals surface area (Å²) in [5.41, 5.74) is 7.43. The summed E-state index contributed by atoms with van der Waals surface area (Å²) in [5, 5.41) is 0.238. The Morgan fingerprint density at radius 3 is 2.38 bits per heavy atom. The Hall–Kier alpha value is -1.03. The maximum atomic E-state index is 5.95. The van der Waals surface area contributed by atoms with Crippen LogP contribution >= 0.6 is 11.6 Å². The summed E-state index contributed by atoms with van der Waals surface area (Å²) in [5.74, 6) is 0.701. The molecule has 1 rings (SSSR count). The molecule has 0 aliphatic heterocycles. The van der Waals surface area contributed by atoms with Gasteiger partial charge in [0.15, 0.2) is 5.82 Å². The zero-order valence-corrected chi connectivity index (χ0v) is 11.3. The fourth-order valence-corrected chi connectivity index (χ4v) is 1.82. The molecule has 1 aromatic heterocycles. The summed E-state index contributed by atoms with van der Waals surface area (Å²) in [7, 11) is 1.96. The van der Waals surface area contributed by atoms with Crippen molar-refractivity contribution in [3.8, 4) is 0 Å². The van der Waals surface area contributed by atoms with Crippen LogP contribution in [0.15, 0.2) is 0 Å². The monoisotopic (exact) mass is 242 g/mol. The molecule has 16 heavy (non-hydrogen) atoms. The van der Waals surface area contributed by atoms with E-state index in [-0.39, 0.29) is 10.7 Å². The molecule has 0 saturated heterocycles. The van der Waals surface area contributed by atoms with Crippen LogP contribution in [0.3, 0.4) is 0 Å². The molecule has 0 bridgehead atoms. The van der Waals surface area contributed by atoms with Gasteiger partial charge in [-0.25, -0.2) is 4.98 Å². The highest BCUT2D eigenvalue weighted by Gasteiger charge is 2.18. The first-order chi connectivity index (χ1) is 7.20. The molecule has 1 aromatic rings. The van der Waals surface area contributed by atoms with Gasteiger partial charge in [-0.15, -0.1) is 0 Å². The molecule has 4 nitrogen and oxygen atoms in total. The van der Waals surface area contributed by atoms with Crippen molar-refractivity contribution in [2.75, 3.05) is 24.2 Å². The number of halogens is 1. The fraction of sp³-hybridized carbons (Fsp3) is 0.636. The third-order valence-corrected chi connectivity index (χ3v) is 2.33. The highest BCUT2D eigenvalue weighted by Crippen LogP contribution is 2.26. The lowest BCUT2D eigenvalue weighted by Gasteiger charge is -2.28. The second-order valence-corrected chi connectivity index (χ2v) is 5.57. The SMILES string of the molecule is Cc1nc(Cl)nc(N(C)CC(C)(C)C)c1N. The van der Waals surface area contributed by atoms with Gasteiger partial charge in [0.05, 0.1) is 11.4 Å². The van der Waals surface area contributed by atoms with Gasteiger partial charge >= 0.3 is 0 Å². The average Bonchev–Trinajstić information content (AvgIpc) is 2.08.